The van der Waals surface area contributed by atoms with Gasteiger partial charge in [-0.15, -0.1) is 0 Å². The Labute approximate surface area is 111 Å². The number of hydrogen-bond acceptors (Lipinski definition) is 2. The van der Waals surface area contributed by atoms with Gasteiger partial charge >= 0.3 is 0 Å². The highest BCUT2D eigenvalue weighted by Gasteiger charge is 2.25. The van der Waals surface area contributed by atoms with Crippen LogP contribution < -0.4 is 5.32 Å². The van der Waals surface area contributed by atoms with Crippen molar-refractivity contribution in [2.24, 2.45) is 5.92 Å². The monoisotopic (exact) mass is 247 g/mol. The van der Waals surface area contributed by atoms with E-state index in [0.717, 1.165) is 32.6 Å². The minimum atomic E-state index is 0.612. The average Bonchev–Trinajstić information content (AvgIpc) is 2.37. The number of rotatable bonds is 4. The van der Waals surface area contributed by atoms with Crippen LogP contribution in [0.1, 0.15) is 30.0 Å². The fraction of sp³-hybridized carbons (Fsp3) is 0.625. The number of aryl methyl sites for hydroxylation is 2. The van der Waals surface area contributed by atoms with Crippen molar-refractivity contribution < 1.29 is 4.74 Å². The van der Waals surface area contributed by atoms with Gasteiger partial charge in [0.2, 0.25) is 0 Å². The molecule has 1 heterocycles. The molecule has 2 nitrogen and oxygen atoms in total. The van der Waals surface area contributed by atoms with Crippen molar-refractivity contribution in [3.05, 3.63) is 34.9 Å². The second-order valence-corrected chi connectivity index (χ2v) is 5.41. The molecule has 2 heteroatoms. The van der Waals surface area contributed by atoms with Crippen LogP contribution in [0, 0.1) is 19.8 Å². The Balaban J connectivity index is 2.03. The molecule has 18 heavy (non-hydrogen) atoms. The molecule has 0 aromatic heterocycles. The summed E-state index contributed by atoms with van der Waals surface area (Å²) < 4.78 is 5.64. The van der Waals surface area contributed by atoms with E-state index < -0.39 is 0 Å². The number of ether oxygens (including phenoxy) is 1. The Morgan fingerprint density at radius 2 is 2.11 bits per heavy atom. The second-order valence-electron chi connectivity index (χ2n) is 5.41. The van der Waals surface area contributed by atoms with Crippen LogP contribution >= 0.6 is 0 Å². The van der Waals surface area contributed by atoms with Crippen LogP contribution in [-0.4, -0.2) is 25.8 Å². The molecule has 1 aliphatic heterocycles. The Morgan fingerprint density at radius 3 is 2.83 bits per heavy atom. The summed E-state index contributed by atoms with van der Waals surface area (Å²) >= 11 is 0. The van der Waals surface area contributed by atoms with Crippen molar-refractivity contribution in [3.63, 3.8) is 0 Å². The van der Waals surface area contributed by atoms with Crippen molar-refractivity contribution in [3.8, 4) is 0 Å². The van der Waals surface area contributed by atoms with Gasteiger partial charge < -0.3 is 10.1 Å². The first-order valence-corrected chi connectivity index (χ1v) is 7.08. The van der Waals surface area contributed by atoms with E-state index in [4.69, 9.17) is 4.74 Å². The van der Waals surface area contributed by atoms with Gasteiger partial charge in [-0.3, -0.25) is 0 Å². The normalized spacial score (nSPS) is 24.2. The van der Waals surface area contributed by atoms with E-state index in [9.17, 15) is 0 Å². The van der Waals surface area contributed by atoms with E-state index in [1.54, 1.807) is 0 Å². The van der Waals surface area contributed by atoms with Gasteiger partial charge in [0.15, 0.2) is 0 Å². The van der Waals surface area contributed by atoms with Gasteiger partial charge in [-0.2, -0.15) is 0 Å². The van der Waals surface area contributed by atoms with Gasteiger partial charge in [-0.05, 0) is 49.9 Å². The molecular weight excluding hydrogens is 222 g/mol. The first-order valence-electron chi connectivity index (χ1n) is 7.08. The summed E-state index contributed by atoms with van der Waals surface area (Å²) in [5.74, 6) is 0.612. The third kappa shape index (κ3) is 3.33. The molecule has 2 rings (SSSR count). The lowest BCUT2D eigenvalue weighted by atomic mass is 9.88. The van der Waals surface area contributed by atoms with Gasteiger partial charge in [-0.25, -0.2) is 0 Å². The maximum Gasteiger partial charge on any atom is 0.0512 e. The van der Waals surface area contributed by atoms with Crippen LogP contribution in [0.15, 0.2) is 18.2 Å². The van der Waals surface area contributed by atoms with E-state index in [2.05, 4.69) is 44.3 Å². The molecule has 0 radical (unpaired) electrons. The van der Waals surface area contributed by atoms with E-state index in [1.165, 1.54) is 16.7 Å². The van der Waals surface area contributed by atoms with Crippen LogP contribution in [0.3, 0.4) is 0 Å². The number of nitrogens with one attached hydrogen (secondary N) is 1. The molecule has 0 aliphatic carbocycles. The number of benzene rings is 1. The highest BCUT2D eigenvalue weighted by Crippen LogP contribution is 2.21. The second kappa shape index (κ2) is 6.35. The molecule has 0 amide bonds. The van der Waals surface area contributed by atoms with Crippen LogP contribution in [0.4, 0.5) is 0 Å². The zero-order valence-corrected chi connectivity index (χ0v) is 11.8. The van der Waals surface area contributed by atoms with Crippen molar-refractivity contribution in [1.82, 2.24) is 5.32 Å². The predicted octanol–water partition coefficient (Wildman–Crippen LogP) is 2.86. The van der Waals surface area contributed by atoms with E-state index in [0.29, 0.717) is 12.0 Å². The van der Waals surface area contributed by atoms with Crippen molar-refractivity contribution in [2.75, 3.05) is 19.8 Å². The molecule has 0 saturated carbocycles. The fourth-order valence-corrected chi connectivity index (χ4v) is 2.76. The Bertz CT molecular complexity index is 387. The molecule has 2 unspecified atom stereocenters. The molecule has 1 N–H and O–H groups in total. The standard InChI is InChI=1S/C16H25NO/c1-4-17-16-7-8-18-11-15(16)10-14-6-5-12(2)13(3)9-14/h5-6,9,15-17H,4,7-8,10-11H2,1-3H3. The molecular formula is C16H25NO. The largest absolute Gasteiger partial charge is 0.381 e. The van der Waals surface area contributed by atoms with E-state index >= 15 is 0 Å². The SMILES string of the molecule is CCNC1CCOCC1Cc1ccc(C)c(C)c1. The quantitative estimate of drug-likeness (QED) is 0.883. The summed E-state index contributed by atoms with van der Waals surface area (Å²) in [4.78, 5) is 0. The average molecular weight is 247 g/mol. The minimum absolute atomic E-state index is 0.612. The summed E-state index contributed by atoms with van der Waals surface area (Å²) in [7, 11) is 0. The first-order chi connectivity index (χ1) is 8.70. The van der Waals surface area contributed by atoms with Gasteiger partial charge in [0.25, 0.3) is 0 Å². The molecule has 1 aromatic rings. The third-order valence-corrected chi connectivity index (χ3v) is 4.01. The Hall–Kier alpha value is -0.860. The lowest BCUT2D eigenvalue weighted by Crippen LogP contribution is -2.43. The van der Waals surface area contributed by atoms with Gasteiger partial charge in [0.1, 0.15) is 0 Å². The maximum atomic E-state index is 5.64. The molecule has 0 bridgehead atoms. The van der Waals surface area contributed by atoms with Crippen LogP contribution in [0.5, 0.6) is 0 Å². The smallest absolute Gasteiger partial charge is 0.0512 e. The molecule has 1 aromatic carbocycles. The molecule has 100 valence electrons. The molecule has 1 aliphatic rings. The van der Waals surface area contributed by atoms with Crippen LogP contribution in [0.2, 0.25) is 0 Å². The first kappa shape index (κ1) is 13.6. The predicted molar refractivity (Wildman–Crippen MR) is 76.0 cm³/mol. The minimum Gasteiger partial charge on any atom is -0.381 e. The molecule has 0 spiro atoms. The summed E-state index contributed by atoms with van der Waals surface area (Å²) in [5, 5.41) is 3.60. The fourth-order valence-electron chi connectivity index (χ4n) is 2.76. The third-order valence-electron chi connectivity index (χ3n) is 4.01. The lowest BCUT2D eigenvalue weighted by molar-refractivity contribution is 0.0327. The summed E-state index contributed by atoms with van der Waals surface area (Å²) in [5.41, 5.74) is 4.21. The Morgan fingerprint density at radius 1 is 1.28 bits per heavy atom. The Kier molecular flexibility index (Phi) is 4.79. The highest BCUT2D eigenvalue weighted by atomic mass is 16.5. The van der Waals surface area contributed by atoms with Crippen LogP contribution in [0.25, 0.3) is 0 Å². The van der Waals surface area contributed by atoms with Crippen molar-refractivity contribution >= 4 is 0 Å². The van der Waals surface area contributed by atoms with Crippen LogP contribution in [-0.2, 0) is 11.2 Å². The summed E-state index contributed by atoms with van der Waals surface area (Å²) in [6.45, 7) is 9.39. The lowest BCUT2D eigenvalue weighted by Gasteiger charge is -2.32. The summed E-state index contributed by atoms with van der Waals surface area (Å²) in [6, 6.07) is 7.44. The highest BCUT2D eigenvalue weighted by molar-refractivity contribution is 5.30. The zero-order chi connectivity index (χ0) is 13.0. The molecule has 1 fully saturated rings. The van der Waals surface area contributed by atoms with Gasteiger partial charge in [0, 0.05) is 18.6 Å². The van der Waals surface area contributed by atoms with Crippen molar-refractivity contribution in [1.29, 1.82) is 0 Å². The molecule has 1 saturated heterocycles. The molecule has 2 atom stereocenters. The van der Waals surface area contributed by atoms with Crippen molar-refractivity contribution in [2.45, 2.75) is 39.7 Å². The number of hydrogen-bond donors (Lipinski definition) is 1. The maximum absolute atomic E-state index is 5.64. The van der Waals surface area contributed by atoms with E-state index in [-0.39, 0.29) is 0 Å². The van der Waals surface area contributed by atoms with Gasteiger partial charge in [-0.1, -0.05) is 25.1 Å². The van der Waals surface area contributed by atoms with E-state index in [1.807, 2.05) is 0 Å². The van der Waals surface area contributed by atoms with Gasteiger partial charge in [0.05, 0.1) is 6.61 Å². The summed E-state index contributed by atoms with van der Waals surface area (Å²) in [6.07, 6.45) is 2.27. The zero-order valence-electron chi connectivity index (χ0n) is 11.8. The topological polar surface area (TPSA) is 21.3 Å².